The minimum absolute atomic E-state index is 0.236. The van der Waals surface area contributed by atoms with Crippen molar-refractivity contribution in [2.75, 3.05) is 6.54 Å². The molecular weight excluding hydrogens is 300 g/mol. The van der Waals surface area contributed by atoms with Crippen molar-refractivity contribution < 1.29 is 4.79 Å². The van der Waals surface area contributed by atoms with Crippen LogP contribution in [0.3, 0.4) is 0 Å². The van der Waals surface area contributed by atoms with Crippen LogP contribution in [-0.2, 0) is 0 Å². The summed E-state index contributed by atoms with van der Waals surface area (Å²) >= 11 is 4.93. The lowest BCUT2D eigenvalue weighted by Crippen LogP contribution is -2.09. The Labute approximate surface area is 113 Å². The van der Waals surface area contributed by atoms with Gasteiger partial charge in [-0.3, -0.25) is 10.1 Å². The number of hydrogen-bond donors (Lipinski definition) is 0. The maximum atomic E-state index is 11.9. The highest BCUT2D eigenvalue weighted by Gasteiger charge is 2.22. The van der Waals surface area contributed by atoms with E-state index in [1.807, 2.05) is 18.2 Å². The summed E-state index contributed by atoms with van der Waals surface area (Å²) < 4.78 is 0.768. The molecule has 0 spiro atoms. The van der Waals surface area contributed by atoms with Crippen molar-refractivity contribution in [2.45, 2.75) is 18.6 Å². The monoisotopic (exact) mass is 311 g/mol. The van der Waals surface area contributed by atoms with Gasteiger partial charge in [-0.1, -0.05) is 30.8 Å². The smallest absolute Gasteiger partial charge is 0.267 e. The zero-order valence-electron chi connectivity index (χ0n) is 9.39. The Morgan fingerprint density at radius 3 is 3.00 bits per heavy atom. The first-order valence-corrected chi connectivity index (χ1v) is 7.09. The van der Waals surface area contributed by atoms with Crippen molar-refractivity contribution in [3.63, 3.8) is 0 Å². The molecule has 89 valence electrons. The Bertz CT molecular complexity index is 462. The topological polar surface area (TPSA) is 43.5 Å². The molecule has 3 nitrogen and oxygen atoms in total. The molecule has 1 unspecified atom stereocenters. The molecule has 1 aliphatic heterocycles. The average molecular weight is 312 g/mol. The molecule has 1 amide bonds. The van der Waals surface area contributed by atoms with Gasteiger partial charge in [-0.25, -0.2) is 0 Å². The largest absolute Gasteiger partial charge is 0.280 e. The van der Waals surface area contributed by atoms with Crippen LogP contribution in [0.2, 0.25) is 0 Å². The Balaban J connectivity index is 2.12. The molecule has 2 rings (SSSR count). The number of amides is 1. The van der Waals surface area contributed by atoms with Gasteiger partial charge in [0.2, 0.25) is 0 Å². The van der Waals surface area contributed by atoms with Gasteiger partial charge in [-0.2, -0.15) is 4.99 Å². The van der Waals surface area contributed by atoms with E-state index in [0.717, 1.165) is 17.4 Å². The summed E-state index contributed by atoms with van der Waals surface area (Å²) in [6.07, 6.45) is 1.05. The average Bonchev–Trinajstić information content (AvgIpc) is 2.77. The maximum absolute atomic E-state index is 11.9. The van der Waals surface area contributed by atoms with Crippen molar-refractivity contribution >= 4 is 38.8 Å². The summed E-state index contributed by atoms with van der Waals surface area (Å²) in [5.74, 6) is -0.236. The van der Waals surface area contributed by atoms with E-state index in [2.05, 4.69) is 33.2 Å². The van der Waals surface area contributed by atoms with E-state index in [1.54, 1.807) is 17.8 Å². The van der Waals surface area contributed by atoms with E-state index in [1.165, 1.54) is 0 Å². The van der Waals surface area contributed by atoms with Gasteiger partial charge in [0.15, 0.2) is 5.17 Å². The van der Waals surface area contributed by atoms with E-state index in [-0.39, 0.29) is 5.91 Å². The Morgan fingerprint density at radius 2 is 2.35 bits per heavy atom. The highest BCUT2D eigenvalue weighted by atomic mass is 79.9. The minimum atomic E-state index is -0.236. The van der Waals surface area contributed by atoms with Gasteiger partial charge < -0.3 is 0 Å². The summed E-state index contributed by atoms with van der Waals surface area (Å²) in [5, 5.41) is 5.34. The zero-order valence-corrected chi connectivity index (χ0v) is 11.8. The molecule has 5 heteroatoms. The molecule has 0 bridgehead atoms. The summed E-state index contributed by atoms with van der Waals surface area (Å²) in [4.78, 5) is 16.0. The van der Waals surface area contributed by atoms with Crippen LogP contribution in [0.4, 0.5) is 0 Å². The van der Waals surface area contributed by atoms with Crippen LogP contribution < -0.4 is 5.32 Å². The summed E-state index contributed by atoms with van der Waals surface area (Å²) in [5.41, 5.74) is 0.579. The standard InChI is InChI=1S/C12H12BrN2OS/c1-2-8-7-14-12(17-8)15-11(16)9-5-3-4-6-10(9)13/h3-6,8H,2,7H2,1H3. The van der Waals surface area contributed by atoms with Gasteiger partial charge >= 0.3 is 0 Å². The SMILES string of the molecule is CCC1C[N]C(=NC(=O)c2ccccc2Br)S1. The lowest BCUT2D eigenvalue weighted by molar-refractivity contribution is 0.100. The third-order valence-corrected chi connectivity index (χ3v) is 4.40. The van der Waals surface area contributed by atoms with E-state index >= 15 is 0 Å². The van der Waals surface area contributed by atoms with E-state index in [4.69, 9.17) is 0 Å². The number of amidine groups is 1. The molecule has 1 heterocycles. The fraction of sp³-hybridized carbons (Fsp3) is 0.333. The number of thioether (sulfide) groups is 1. The molecule has 17 heavy (non-hydrogen) atoms. The van der Waals surface area contributed by atoms with Gasteiger partial charge in [0.1, 0.15) is 0 Å². The van der Waals surface area contributed by atoms with Crippen LogP contribution in [0.5, 0.6) is 0 Å². The number of carbonyl (C=O) groups is 1. The Kier molecular flexibility index (Phi) is 4.23. The van der Waals surface area contributed by atoms with E-state index < -0.39 is 0 Å². The van der Waals surface area contributed by atoms with Crippen LogP contribution >= 0.6 is 27.7 Å². The van der Waals surface area contributed by atoms with Crippen molar-refractivity contribution in [2.24, 2.45) is 4.99 Å². The summed E-state index contributed by atoms with van der Waals surface area (Å²) in [7, 11) is 0. The van der Waals surface area contributed by atoms with Gasteiger partial charge in [0.05, 0.1) is 12.1 Å². The first-order valence-electron chi connectivity index (χ1n) is 5.42. The van der Waals surface area contributed by atoms with Crippen LogP contribution in [0.25, 0.3) is 0 Å². The van der Waals surface area contributed by atoms with Crippen LogP contribution in [0.1, 0.15) is 23.7 Å². The molecule has 0 saturated carbocycles. The number of halogens is 1. The van der Waals surface area contributed by atoms with Gasteiger partial charge in [-0.05, 0) is 34.5 Å². The van der Waals surface area contributed by atoms with Gasteiger partial charge in [0, 0.05) is 9.72 Å². The predicted octanol–water partition coefficient (Wildman–Crippen LogP) is 3.08. The molecule has 1 fully saturated rings. The fourth-order valence-corrected chi connectivity index (χ4v) is 2.81. The normalized spacial score (nSPS) is 21.5. The maximum Gasteiger partial charge on any atom is 0.280 e. The lowest BCUT2D eigenvalue weighted by atomic mass is 10.2. The number of aliphatic imine (C=N–C) groups is 1. The predicted molar refractivity (Wildman–Crippen MR) is 74.6 cm³/mol. The highest BCUT2D eigenvalue weighted by molar-refractivity contribution is 9.10. The fourth-order valence-electron chi connectivity index (χ4n) is 1.46. The quantitative estimate of drug-likeness (QED) is 0.842. The van der Waals surface area contributed by atoms with Crippen molar-refractivity contribution in [3.8, 4) is 0 Å². The lowest BCUT2D eigenvalue weighted by Gasteiger charge is -2.00. The first-order chi connectivity index (χ1) is 8.20. The van der Waals surface area contributed by atoms with Crippen LogP contribution in [0, 0.1) is 0 Å². The van der Waals surface area contributed by atoms with Gasteiger partial charge in [0.25, 0.3) is 5.91 Å². The van der Waals surface area contributed by atoms with Crippen LogP contribution in [0.15, 0.2) is 33.7 Å². The molecule has 1 radical (unpaired) electrons. The molecule has 0 N–H and O–H groups in total. The number of carbonyl (C=O) groups excluding carboxylic acids is 1. The summed E-state index contributed by atoms with van der Waals surface area (Å²) in [6.45, 7) is 2.88. The summed E-state index contributed by atoms with van der Waals surface area (Å²) in [6, 6.07) is 7.29. The van der Waals surface area contributed by atoms with E-state index in [9.17, 15) is 4.79 Å². The molecule has 1 aromatic rings. The number of nitrogens with zero attached hydrogens (tertiary/aromatic N) is 2. The van der Waals surface area contributed by atoms with E-state index in [0.29, 0.717) is 16.0 Å². The second-order valence-corrected chi connectivity index (χ2v) is 5.79. The van der Waals surface area contributed by atoms with Crippen LogP contribution in [-0.4, -0.2) is 22.9 Å². The number of hydrogen-bond acceptors (Lipinski definition) is 2. The number of rotatable bonds is 2. The molecule has 1 saturated heterocycles. The molecular formula is C12H12BrN2OS. The van der Waals surface area contributed by atoms with Crippen molar-refractivity contribution in [1.29, 1.82) is 0 Å². The second kappa shape index (κ2) is 5.69. The number of benzene rings is 1. The van der Waals surface area contributed by atoms with Crippen molar-refractivity contribution in [1.82, 2.24) is 5.32 Å². The second-order valence-electron chi connectivity index (χ2n) is 3.67. The molecule has 1 atom stereocenters. The zero-order chi connectivity index (χ0) is 12.3. The molecule has 0 aliphatic carbocycles. The Hall–Kier alpha value is -0.810. The van der Waals surface area contributed by atoms with Crippen molar-refractivity contribution in [3.05, 3.63) is 34.3 Å². The molecule has 0 aromatic heterocycles. The highest BCUT2D eigenvalue weighted by Crippen LogP contribution is 2.23. The molecule has 1 aliphatic rings. The minimum Gasteiger partial charge on any atom is -0.267 e. The molecule has 1 aromatic carbocycles. The third-order valence-electron chi connectivity index (χ3n) is 2.46. The first kappa shape index (κ1) is 12.6. The van der Waals surface area contributed by atoms with Gasteiger partial charge in [-0.15, -0.1) is 0 Å². The third kappa shape index (κ3) is 3.10. The Morgan fingerprint density at radius 1 is 1.59 bits per heavy atom.